The molecule has 3 heteroatoms. The molecule has 1 heterocycles. The van der Waals surface area contributed by atoms with Crippen LogP contribution in [0.1, 0.15) is 0 Å². The van der Waals surface area contributed by atoms with Crippen LogP contribution in [0, 0.1) is 0 Å². The van der Waals surface area contributed by atoms with E-state index in [1.807, 2.05) is 48.5 Å². The predicted molar refractivity (Wildman–Crippen MR) is 60.1 cm³/mol. The lowest BCUT2D eigenvalue weighted by atomic mass is 10.1. The van der Waals surface area contributed by atoms with Gasteiger partial charge in [-0.1, -0.05) is 36.4 Å². The molecule has 1 aromatic carbocycles. The van der Waals surface area contributed by atoms with Gasteiger partial charge in [0.1, 0.15) is 0 Å². The van der Waals surface area contributed by atoms with Crippen molar-refractivity contribution >= 4 is 14.8 Å². The molecule has 0 saturated carbocycles. The van der Waals surface area contributed by atoms with E-state index >= 15 is 0 Å². The molecule has 0 fully saturated rings. The molecule has 0 atom stereocenters. The molecule has 0 N–H and O–H groups in total. The molecule has 0 saturated heterocycles. The van der Waals surface area contributed by atoms with E-state index in [4.69, 9.17) is 0 Å². The van der Waals surface area contributed by atoms with Gasteiger partial charge in [-0.25, -0.2) is 9.73 Å². The zero-order valence-electron chi connectivity index (χ0n) is 7.51. The summed E-state index contributed by atoms with van der Waals surface area (Å²) < 4.78 is 3.85. The van der Waals surface area contributed by atoms with Crippen molar-refractivity contribution in [3.63, 3.8) is 0 Å². The second kappa shape index (κ2) is 4.12. The molecule has 0 radical (unpaired) electrons. The molecule has 68 valence electrons. The summed E-state index contributed by atoms with van der Waals surface area (Å²) in [5.74, 6) is 0.683. The normalized spacial score (nSPS) is 9.71. The molecular weight excluding hydrogens is 191 g/mol. The SMILES string of the molecule is P=Nc1cccc(-c2ccccc2)n1. The molecule has 0 aliphatic carbocycles. The minimum Gasteiger partial charge on any atom is -0.228 e. The van der Waals surface area contributed by atoms with Gasteiger partial charge in [-0.2, -0.15) is 0 Å². The van der Waals surface area contributed by atoms with Crippen LogP contribution < -0.4 is 0 Å². The van der Waals surface area contributed by atoms with Crippen LogP contribution in [0.25, 0.3) is 11.3 Å². The maximum Gasteiger partial charge on any atom is 0.156 e. The number of rotatable bonds is 2. The zero-order chi connectivity index (χ0) is 9.80. The van der Waals surface area contributed by atoms with Gasteiger partial charge in [0.15, 0.2) is 5.82 Å². The van der Waals surface area contributed by atoms with Crippen LogP contribution in [-0.4, -0.2) is 4.98 Å². The lowest BCUT2D eigenvalue weighted by Crippen LogP contribution is -1.81. The van der Waals surface area contributed by atoms with E-state index in [0.29, 0.717) is 5.82 Å². The average molecular weight is 200 g/mol. The topological polar surface area (TPSA) is 25.2 Å². The monoisotopic (exact) mass is 200 g/mol. The molecule has 2 aromatic rings. The number of nitrogens with zero attached hydrogens (tertiary/aromatic N) is 2. The fourth-order valence-electron chi connectivity index (χ4n) is 1.26. The van der Waals surface area contributed by atoms with Gasteiger partial charge in [0.2, 0.25) is 0 Å². The highest BCUT2D eigenvalue weighted by atomic mass is 31.0. The van der Waals surface area contributed by atoms with Crippen molar-refractivity contribution < 1.29 is 0 Å². The molecule has 0 bridgehead atoms. The van der Waals surface area contributed by atoms with E-state index in [9.17, 15) is 0 Å². The first-order valence-electron chi connectivity index (χ1n) is 4.30. The second-order valence-electron chi connectivity index (χ2n) is 2.86. The van der Waals surface area contributed by atoms with Crippen LogP contribution in [0.4, 0.5) is 5.82 Å². The Labute approximate surface area is 84.9 Å². The third kappa shape index (κ3) is 1.86. The number of hydrogen-bond donors (Lipinski definition) is 0. The summed E-state index contributed by atoms with van der Waals surface area (Å²) in [6.45, 7) is 0. The maximum atomic E-state index is 4.35. The highest BCUT2D eigenvalue weighted by molar-refractivity contribution is 7.04. The van der Waals surface area contributed by atoms with Gasteiger partial charge >= 0.3 is 0 Å². The molecule has 0 spiro atoms. The molecule has 14 heavy (non-hydrogen) atoms. The van der Waals surface area contributed by atoms with Gasteiger partial charge < -0.3 is 0 Å². The molecule has 2 nitrogen and oxygen atoms in total. The van der Waals surface area contributed by atoms with Gasteiger partial charge in [-0.05, 0) is 21.2 Å². The third-order valence-electron chi connectivity index (χ3n) is 1.92. The molecule has 2 rings (SSSR count). The van der Waals surface area contributed by atoms with E-state index in [2.05, 4.69) is 18.8 Å². The smallest absolute Gasteiger partial charge is 0.156 e. The highest BCUT2D eigenvalue weighted by Crippen LogP contribution is 2.19. The Hall–Kier alpha value is -1.53. The lowest BCUT2D eigenvalue weighted by Gasteiger charge is -2.00. The second-order valence-corrected chi connectivity index (χ2v) is 3.08. The Morgan fingerprint density at radius 3 is 2.43 bits per heavy atom. The first-order chi connectivity index (χ1) is 6.90. The van der Waals surface area contributed by atoms with Crippen molar-refractivity contribution in [2.45, 2.75) is 0 Å². The van der Waals surface area contributed by atoms with E-state index in [1.165, 1.54) is 0 Å². The Morgan fingerprint density at radius 1 is 0.929 bits per heavy atom. The Morgan fingerprint density at radius 2 is 1.71 bits per heavy atom. The minimum atomic E-state index is 0.683. The average Bonchev–Trinajstić information content (AvgIpc) is 2.30. The molecule has 0 aliphatic rings. The molecule has 0 unspecified atom stereocenters. The largest absolute Gasteiger partial charge is 0.228 e. The third-order valence-corrected chi connectivity index (χ3v) is 2.15. The van der Waals surface area contributed by atoms with Crippen molar-refractivity contribution in [1.29, 1.82) is 0 Å². The van der Waals surface area contributed by atoms with Crippen LogP contribution >= 0.6 is 9.03 Å². The first kappa shape index (κ1) is 9.04. The van der Waals surface area contributed by atoms with Gasteiger partial charge in [0.05, 0.1) is 5.69 Å². The van der Waals surface area contributed by atoms with Crippen LogP contribution in [0.3, 0.4) is 0 Å². The van der Waals surface area contributed by atoms with Crippen LogP contribution in [0.2, 0.25) is 0 Å². The van der Waals surface area contributed by atoms with E-state index in [-0.39, 0.29) is 0 Å². The Kier molecular flexibility index (Phi) is 2.66. The van der Waals surface area contributed by atoms with Crippen molar-refractivity contribution in [1.82, 2.24) is 4.98 Å². The highest BCUT2D eigenvalue weighted by Gasteiger charge is 1.97. The number of aromatic nitrogens is 1. The standard InChI is InChI=1S/C11H9N2P/c14-13-11-8-4-7-10(12-11)9-5-2-1-3-6-9/h1-8,14H. The fourth-order valence-corrected chi connectivity index (χ4v) is 1.38. The Balaban J connectivity index is 2.47. The van der Waals surface area contributed by atoms with Gasteiger partial charge in [0, 0.05) is 5.56 Å². The number of benzene rings is 1. The van der Waals surface area contributed by atoms with Gasteiger partial charge in [0.25, 0.3) is 0 Å². The number of pyridine rings is 1. The summed E-state index contributed by atoms with van der Waals surface area (Å²) >= 11 is 0. The van der Waals surface area contributed by atoms with Gasteiger partial charge in [-0.3, -0.25) is 0 Å². The van der Waals surface area contributed by atoms with E-state index in [1.54, 1.807) is 0 Å². The first-order valence-corrected chi connectivity index (χ1v) is 4.75. The zero-order valence-corrected chi connectivity index (χ0v) is 8.51. The van der Waals surface area contributed by atoms with Crippen molar-refractivity contribution in [3.8, 4) is 11.3 Å². The minimum absolute atomic E-state index is 0.683. The summed E-state index contributed by atoms with van der Waals surface area (Å²) in [6.07, 6.45) is 0. The quantitative estimate of drug-likeness (QED) is 0.678. The fraction of sp³-hybridized carbons (Fsp3) is 0. The predicted octanol–water partition coefficient (Wildman–Crippen LogP) is 3.71. The maximum absolute atomic E-state index is 4.35. The molecule has 0 amide bonds. The Bertz CT molecular complexity index is 440. The molecule has 0 aliphatic heterocycles. The lowest BCUT2D eigenvalue weighted by molar-refractivity contribution is 1.29. The van der Waals surface area contributed by atoms with Crippen LogP contribution in [-0.2, 0) is 0 Å². The van der Waals surface area contributed by atoms with E-state index < -0.39 is 0 Å². The summed E-state index contributed by atoms with van der Waals surface area (Å²) in [7, 11) is 3.07. The van der Waals surface area contributed by atoms with Crippen LogP contribution in [0.15, 0.2) is 53.3 Å². The van der Waals surface area contributed by atoms with Gasteiger partial charge in [-0.15, -0.1) is 0 Å². The molecular formula is C11H9N2P. The molecule has 1 aromatic heterocycles. The summed E-state index contributed by atoms with van der Waals surface area (Å²) in [6, 6.07) is 15.8. The summed E-state index contributed by atoms with van der Waals surface area (Å²) in [5.41, 5.74) is 2.04. The van der Waals surface area contributed by atoms with Crippen molar-refractivity contribution in [3.05, 3.63) is 48.5 Å². The van der Waals surface area contributed by atoms with Crippen molar-refractivity contribution in [2.24, 2.45) is 4.74 Å². The summed E-state index contributed by atoms with van der Waals surface area (Å²) in [5, 5.41) is 0. The van der Waals surface area contributed by atoms with E-state index in [0.717, 1.165) is 11.3 Å². The van der Waals surface area contributed by atoms with Crippen LogP contribution in [0.5, 0.6) is 0 Å². The number of hydrogen-bond acceptors (Lipinski definition) is 2. The van der Waals surface area contributed by atoms with Crippen molar-refractivity contribution in [2.75, 3.05) is 0 Å². The summed E-state index contributed by atoms with van der Waals surface area (Å²) in [4.78, 5) is 4.35.